The van der Waals surface area contributed by atoms with Crippen LogP contribution in [0.4, 0.5) is 16.2 Å². The molecule has 0 bridgehead atoms. The minimum atomic E-state index is -0.161. The lowest BCUT2D eigenvalue weighted by molar-refractivity contribution is 0.256. The molecule has 0 saturated carbocycles. The molecule has 0 fully saturated rings. The molecule has 1 aliphatic rings. The molecule has 3 rings (SSSR count). The number of fused-ring (bicyclic) bond motifs is 1. The summed E-state index contributed by atoms with van der Waals surface area (Å²) in [6, 6.07) is 13.0. The average Bonchev–Trinajstić information content (AvgIpc) is 2.78. The summed E-state index contributed by atoms with van der Waals surface area (Å²) in [4.78, 5) is 14.3. The fourth-order valence-electron chi connectivity index (χ4n) is 2.63. The van der Waals surface area contributed by atoms with Gasteiger partial charge < -0.3 is 5.32 Å². The van der Waals surface area contributed by atoms with Crippen molar-refractivity contribution in [3.8, 4) is 0 Å². The van der Waals surface area contributed by atoms with Crippen molar-refractivity contribution in [3.63, 3.8) is 0 Å². The van der Waals surface area contributed by atoms with Gasteiger partial charge in [-0.1, -0.05) is 41.4 Å². The van der Waals surface area contributed by atoms with E-state index >= 15 is 0 Å². The number of para-hydroxylation sites is 1. The highest BCUT2D eigenvalue weighted by Gasteiger charge is 2.30. The van der Waals surface area contributed by atoms with Crippen LogP contribution in [0.15, 0.2) is 42.5 Å². The largest absolute Gasteiger partial charge is 0.326 e. The van der Waals surface area contributed by atoms with E-state index in [1.807, 2.05) is 25.1 Å². The molecule has 1 atom stereocenters. The fraction of sp³-hybridized carbons (Fsp3) is 0.188. The lowest BCUT2D eigenvalue weighted by Crippen LogP contribution is -2.39. The zero-order valence-electron chi connectivity index (χ0n) is 11.4. The van der Waals surface area contributed by atoms with E-state index in [2.05, 4.69) is 11.4 Å². The normalized spacial score (nSPS) is 16.7. The number of anilines is 2. The standard InChI is InChI=1S/C16H14Cl2N2O/c1-10-8-11-4-2-3-5-15(11)20(10)16(21)19-12-6-7-13(17)14(18)9-12/h2-7,9-10H,8H2,1H3,(H,19,21)/t10-/m1/s1. The highest BCUT2D eigenvalue weighted by Crippen LogP contribution is 2.32. The van der Waals surface area contributed by atoms with Gasteiger partial charge in [0.25, 0.3) is 0 Å². The zero-order valence-corrected chi connectivity index (χ0v) is 12.9. The van der Waals surface area contributed by atoms with Crippen LogP contribution in [0.5, 0.6) is 0 Å². The number of hydrogen-bond acceptors (Lipinski definition) is 1. The molecular formula is C16H14Cl2N2O. The first kappa shape index (κ1) is 14.2. The number of carbonyl (C=O) groups excluding carboxylic acids is 1. The van der Waals surface area contributed by atoms with E-state index in [1.54, 1.807) is 23.1 Å². The third-order valence-corrected chi connectivity index (χ3v) is 4.34. The van der Waals surface area contributed by atoms with Crippen molar-refractivity contribution in [2.45, 2.75) is 19.4 Å². The van der Waals surface area contributed by atoms with Gasteiger partial charge in [0.1, 0.15) is 0 Å². The molecule has 0 aliphatic carbocycles. The van der Waals surface area contributed by atoms with Crippen LogP contribution in [0.2, 0.25) is 10.0 Å². The van der Waals surface area contributed by atoms with E-state index in [-0.39, 0.29) is 12.1 Å². The number of amides is 2. The molecule has 2 aromatic carbocycles. The maximum atomic E-state index is 12.5. The number of carbonyl (C=O) groups is 1. The van der Waals surface area contributed by atoms with Crippen LogP contribution < -0.4 is 10.2 Å². The summed E-state index contributed by atoms with van der Waals surface area (Å²) in [7, 11) is 0. The van der Waals surface area contributed by atoms with Crippen molar-refractivity contribution in [1.29, 1.82) is 0 Å². The molecule has 2 amide bonds. The Morgan fingerprint density at radius 1 is 1.19 bits per heavy atom. The molecule has 0 aromatic heterocycles. The third kappa shape index (κ3) is 2.71. The zero-order chi connectivity index (χ0) is 15.0. The van der Waals surface area contributed by atoms with Crippen LogP contribution in [-0.2, 0) is 6.42 Å². The molecule has 108 valence electrons. The van der Waals surface area contributed by atoms with Crippen molar-refractivity contribution in [1.82, 2.24) is 0 Å². The monoisotopic (exact) mass is 320 g/mol. The Balaban J connectivity index is 1.84. The molecule has 2 aromatic rings. The summed E-state index contributed by atoms with van der Waals surface area (Å²) in [5.74, 6) is 0. The summed E-state index contributed by atoms with van der Waals surface area (Å²) in [5, 5.41) is 3.75. The molecule has 0 spiro atoms. The molecule has 1 aliphatic heterocycles. The van der Waals surface area contributed by atoms with Gasteiger partial charge in [-0.25, -0.2) is 4.79 Å². The van der Waals surface area contributed by atoms with Crippen LogP contribution in [-0.4, -0.2) is 12.1 Å². The first-order valence-corrected chi connectivity index (χ1v) is 7.45. The summed E-state index contributed by atoms with van der Waals surface area (Å²) in [6.07, 6.45) is 0.866. The maximum absolute atomic E-state index is 12.5. The molecule has 0 unspecified atom stereocenters. The van der Waals surface area contributed by atoms with Gasteiger partial charge in [-0.3, -0.25) is 4.90 Å². The Bertz CT molecular complexity index is 702. The van der Waals surface area contributed by atoms with Crippen molar-refractivity contribution in [2.75, 3.05) is 10.2 Å². The topological polar surface area (TPSA) is 32.3 Å². The van der Waals surface area contributed by atoms with E-state index in [0.717, 1.165) is 12.1 Å². The highest BCUT2D eigenvalue weighted by molar-refractivity contribution is 6.42. The van der Waals surface area contributed by atoms with Crippen molar-refractivity contribution < 1.29 is 4.79 Å². The van der Waals surface area contributed by atoms with E-state index in [4.69, 9.17) is 23.2 Å². The fourth-order valence-corrected chi connectivity index (χ4v) is 2.93. The van der Waals surface area contributed by atoms with Gasteiger partial charge in [-0.2, -0.15) is 0 Å². The first-order valence-electron chi connectivity index (χ1n) is 6.69. The average molecular weight is 321 g/mol. The number of rotatable bonds is 1. The molecular weight excluding hydrogens is 307 g/mol. The number of nitrogens with one attached hydrogen (secondary N) is 1. The Morgan fingerprint density at radius 2 is 1.95 bits per heavy atom. The van der Waals surface area contributed by atoms with Crippen LogP contribution >= 0.6 is 23.2 Å². The lowest BCUT2D eigenvalue weighted by atomic mass is 10.1. The third-order valence-electron chi connectivity index (χ3n) is 3.60. The minimum Gasteiger partial charge on any atom is -0.307 e. The minimum absolute atomic E-state index is 0.130. The Morgan fingerprint density at radius 3 is 2.71 bits per heavy atom. The van der Waals surface area contributed by atoms with Gasteiger partial charge in [-0.05, 0) is 43.2 Å². The summed E-state index contributed by atoms with van der Waals surface area (Å²) in [6.45, 7) is 2.04. The lowest BCUT2D eigenvalue weighted by Gasteiger charge is -2.23. The number of urea groups is 1. The van der Waals surface area contributed by atoms with Crippen LogP contribution in [0.1, 0.15) is 12.5 Å². The highest BCUT2D eigenvalue weighted by atomic mass is 35.5. The van der Waals surface area contributed by atoms with Gasteiger partial charge in [0, 0.05) is 17.4 Å². The van der Waals surface area contributed by atoms with E-state index < -0.39 is 0 Å². The van der Waals surface area contributed by atoms with E-state index in [0.29, 0.717) is 15.7 Å². The Hall–Kier alpha value is -1.71. The second kappa shape index (κ2) is 5.58. The van der Waals surface area contributed by atoms with Crippen LogP contribution in [0.3, 0.4) is 0 Å². The number of hydrogen-bond donors (Lipinski definition) is 1. The van der Waals surface area contributed by atoms with E-state index in [9.17, 15) is 4.79 Å². The smallest absolute Gasteiger partial charge is 0.307 e. The molecule has 5 heteroatoms. The van der Waals surface area contributed by atoms with Gasteiger partial charge >= 0.3 is 6.03 Å². The molecule has 21 heavy (non-hydrogen) atoms. The van der Waals surface area contributed by atoms with Crippen molar-refractivity contribution >= 4 is 40.6 Å². The van der Waals surface area contributed by atoms with Gasteiger partial charge in [-0.15, -0.1) is 0 Å². The Labute approximate surface area is 133 Å². The SMILES string of the molecule is C[C@@H]1Cc2ccccc2N1C(=O)Nc1ccc(Cl)c(Cl)c1. The molecule has 0 saturated heterocycles. The summed E-state index contributed by atoms with van der Waals surface area (Å²) >= 11 is 11.8. The quantitative estimate of drug-likeness (QED) is 0.789. The summed E-state index contributed by atoms with van der Waals surface area (Å²) in [5.41, 5.74) is 2.78. The van der Waals surface area contributed by atoms with Crippen molar-refractivity contribution in [3.05, 3.63) is 58.1 Å². The van der Waals surface area contributed by atoms with E-state index in [1.165, 1.54) is 5.56 Å². The number of benzene rings is 2. The Kier molecular flexibility index (Phi) is 3.79. The second-order valence-electron chi connectivity index (χ2n) is 5.11. The van der Waals surface area contributed by atoms with Gasteiger partial charge in [0.05, 0.1) is 10.0 Å². The second-order valence-corrected chi connectivity index (χ2v) is 5.93. The van der Waals surface area contributed by atoms with Crippen molar-refractivity contribution in [2.24, 2.45) is 0 Å². The molecule has 3 nitrogen and oxygen atoms in total. The first-order chi connectivity index (χ1) is 10.1. The maximum Gasteiger partial charge on any atom is 0.326 e. The van der Waals surface area contributed by atoms with Gasteiger partial charge in [0.15, 0.2) is 0 Å². The van der Waals surface area contributed by atoms with Gasteiger partial charge in [0.2, 0.25) is 0 Å². The summed E-state index contributed by atoms with van der Waals surface area (Å²) < 4.78 is 0. The predicted molar refractivity (Wildman–Crippen MR) is 87.6 cm³/mol. The predicted octanol–water partition coefficient (Wildman–Crippen LogP) is 4.98. The number of nitrogens with zero attached hydrogens (tertiary/aromatic N) is 1. The number of halogens is 2. The van der Waals surface area contributed by atoms with Crippen LogP contribution in [0.25, 0.3) is 0 Å². The molecule has 0 radical (unpaired) electrons. The molecule has 1 heterocycles. The molecule has 1 N–H and O–H groups in total. The van der Waals surface area contributed by atoms with Crippen LogP contribution in [0, 0.1) is 0 Å².